The molecule has 0 aromatic heterocycles. The first-order valence-electron chi connectivity index (χ1n) is 4.10. The van der Waals surface area contributed by atoms with Crippen molar-refractivity contribution in [1.29, 1.82) is 0 Å². The molecule has 1 rings (SSSR count). The van der Waals surface area contributed by atoms with E-state index in [9.17, 15) is 12.9 Å². The van der Waals surface area contributed by atoms with Gasteiger partial charge in [0.25, 0.3) is 0 Å². The number of rotatable bonds is 4. The van der Waals surface area contributed by atoms with E-state index in [0.717, 1.165) is 0 Å². The minimum absolute atomic E-state index is 0. The molecule has 16 heavy (non-hydrogen) atoms. The maximum Gasteiger partial charge on any atom is 1.00 e. The van der Waals surface area contributed by atoms with Crippen molar-refractivity contribution in [3.8, 4) is 11.5 Å². The SMILES string of the molecule is COc1cccc(Br)c1OC[B-](F)(F)F.[K+]. The van der Waals surface area contributed by atoms with Crippen LogP contribution in [0.15, 0.2) is 22.7 Å². The molecule has 0 saturated heterocycles. The van der Waals surface area contributed by atoms with Gasteiger partial charge in [0.05, 0.1) is 18.1 Å². The Morgan fingerprint density at radius 2 is 1.94 bits per heavy atom. The summed E-state index contributed by atoms with van der Waals surface area (Å²) < 4.78 is 45.9. The van der Waals surface area contributed by atoms with Crippen molar-refractivity contribution in [3.63, 3.8) is 0 Å². The number of para-hydroxylation sites is 1. The van der Waals surface area contributed by atoms with Gasteiger partial charge in [0.2, 0.25) is 0 Å². The van der Waals surface area contributed by atoms with Crippen molar-refractivity contribution < 1.29 is 73.8 Å². The van der Waals surface area contributed by atoms with Crippen LogP contribution in [-0.4, -0.2) is 20.6 Å². The summed E-state index contributed by atoms with van der Waals surface area (Å²) in [5, 5.41) is 0. The number of methoxy groups -OCH3 is 1. The first kappa shape index (κ1) is 16.8. The van der Waals surface area contributed by atoms with Gasteiger partial charge in [-0.1, -0.05) is 6.07 Å². The molecule has 0 spiro atoms. The fraction of sp³-hybridized carbons (Fsp3) is 0.250. The molecule has 0 radical (unpaired) electrons. The minimum atomic E-state index is -4.96. The predicted octanol–water partition coefficient (Wildman–Crippen LogP) is 0.227. The Kier molecular flexibility index (Phi) is 7.64. The molecule has 2 nitrogen and oxygen atoms in total. The molecule has 0 heterocycles. The summed E-state index contributed by atoms with van der Waals surface area (Å²) in [6.07, 6.45) is 0. The Morgan fingerprint density at radius 3 is 2.44 bits per heavy atom. The van der Waals surface area contributed by atoms with Gasteiger partial charge in [-0.2, -0.15) is 0 Å². The van der Waals surface area contributed by atoms with Gasteiger partial charge in [-0.3, -0.25) is 0 Å². The zero-order valence-corrected chi connectivity index (χ0v) is 13.6. The molecule has 0 saturated carbocycles. The largest absolute Gasteiger partial charge is 1.00 e. The van der Waals surface area contributed by atoms with E-state index < -0.39 is 13.5 Å². The average Bonchev–Trinajstić information content (AvgIpc) is 2.14. The van der Waals surface area contributed by atoms with Crippen molar-refractivity contribution >= 4 is 22.9 Å². The van der Waals surface area contributed by atoms with Crippen molar-refractivity contribution in [3.05, 3.63) is 22.7 Å². The topological polar surface area (TPSA) is 18.5 Å². The standard InChI is InChI=1S/C8H8BBrF3O2.K/c1-14-7-4-2-3-6(10)8(7)15-5-9(11,12)13;/h2-4H,5H2,1H3;/q-1;+1. The zero-order valence-electron chi connectivity index (χ0n) is 8.84. The predicted molar refractivity (Wildman–Crippen MR) is 55.3 cm³/mol. The molecule has 84 valence electrons. The van der Waals surface area contributed by atoms with Gasteiger partial charge in [0, 0.05) is 0 Å². The second-order valence-electron chi connectivity index (χ2n) is 2.79. The van der Waals surface area contributed by atoms with Gasteiger partial charge >= 0.3 is 58.4 Å². The molecule has 0 aliphatic heterocycles. The molecule has 0 amide bonds. The molecule has 0 unspecified atom stereocenters. The van der Waals surface area contributed by atoms with Gasteiger partial charge < -0.3 is 22.4 Å². The quantitative estimate of drug-likeness (QED) is 0.739. The first-order valence-corrected chi connectivity index (χ1v) is 4.89. The smallest absolute Gasteiger partial charge is 0.518 e. The van der Waals surface area contributed by atoms with E-state index in [1.54, 1.807) is 12.1 Å². The summed E-state index contributed by atoms with van der Waals surface area (Å²) in [4.78, 5) is 0. The third kappa shape index (κ3) is 5.42. The fourth-order valence-electron chi connectivity index (χ4n) is 0.968. The molecule has 8 heteroatoms. The van der Waals surface area contributed by atoms with Gasteiger partial charge in [-0.05, 0) is 28.1 Å². The van der Waals surface area contributed by atoms with Crippen molar-refractivity contribution in [2.45, 2.75) is 0 Å². The first-order chi connectivity index (χ1) is 6.94. The Hall–Kier alpha value is 0.791. The molecule has 0 bridgehead atoms. The van der Waals surface area contributed by atoms with Gasteiger partial charge in [-0.15, -0.1) is 0 Å². The number of ether oxygens (including phenoxy) is 2. The van der Waals surface area contributed by atoms with Crippen LogP contribution in [0, 0.1) is 0 Å². The molecule has 0 aliphatic rings. The number of hydrogen-bond donors (Lipinski definition) is 0. The van der Waals surface area contributed by atoms with Crippen molar-refractivity contribution in [2.75, 3.05) is 13.6 Å². The van der Waals surface area contributed by atoms with E-state index in [0.29, 0.717) is 4.47 Å². The second kappa shape index (κ2) is 7.28. The molecule has 1 aromatic rings. The molecule has 0 N–H and O–H groups in total. The van der Waals surface area contributed by atoms with Crippen LogP contribution >= 0.6 is 15.9 Å². The van der Waals surface area contributed by atoms with Crippen molar-refractivity contribution in [2.24, 2.45) is 0 Å². The second-order valence-corrected chi connectivity index (χ2v) is 3.65. The van der Waals surface area contributed by atoms with Crippen LogP contribution in [0.3, 0.4) is 0 Å². The van der Waals surface area contributed by atoms with E-state index >= 15 is 0 Å². The van der Waals surface area contributed by atoms with Crippen LogP contribution in [0.1, 0.15) is 0 Å². The number of benzene rings is 1. The summed E-state index contributed by atoms with van der Waals surface area (Å²) in [5.74, 6) is 0.337. The minimum Gasteiger partial charge on any atom is -0.518 e. The molecular formula is C8H8BBrF3KO2. The summed E-state index contributed by atoms with van der Waals surface area (Å²) in [6, 6.07) is 4.76. The molecular weight excluding hydrogens is 315 g/mol. The third-order valence-corrected chi connectivity index (χ3v) is 2.19. The zero-order chi connectivity index (χ0) is 11.5. The van der Waals surface area contributed by atoms with Gasteiger partial charge in [0.15, 0.2) is 11.5 Å². The van der Waals surface area contributed by atoms with E-state index in [2.05, 4.69) is 20.7 Å². The summed E-state index contributed by atoms with van der Waals surface area (Å²) in [5.41, 5.74) is 0. The maximum absolute atomic E-state index is 12.0. The summed E-state index contributed by atoms with van der Waals surface area (Å²) in [6.45, 7) is -6.24. The average molecular weight is 323 g/mol. The molecule has 0 fully saturated rings. The monoisotopic (exact) mass is 322 g/mol. The van der Waals surface area contributed by atoms with Crippen molar-refractivity contribution in [1.82, 2.24) is 0 Å². The fourth-order valence-corrected chi connectivity index (χ4v) is 1.43. The van der Waals surface area contributed by atoms with Crippen LogP contribution < -0.4 is 60.9 Å². The number of halogens is 4. The van der Waals surface area contributed by atoms with E-state index in [1.165, 1.54) is 13.2 Å². The normalized spacial score (nSPS) is 10.6. The Labute approximate surface area is 142 Å². The Balaban J connectivity index is 0.00000225. The molecule has 0 atom stereocenters. The Morgan fingerprint density at radius 1 is 1.31 bits per heavy atom. The summed E-state index contributed by atoms with van der Waals surface area (Å²) >= 11 is 3.09. The van der Waals surface area contributed by atoms with E-state index in [-0.39, 0.29) is 62.9 Å². The van der Waals surface area contributed by atoms with E-state index in [1.807, 2.05) is 0 Å². The van der Waals surface area contributed by atoms with Gasteiger partial charge in [0.1, 0.15) is 0 Å². The Bertz CT molecular complexity index is 349. The third-order valence-electron chi connectivity index (χ3n) is 1.57. The summed E-state index contributed by atoms with van der Waals surface area (Å²) in [7, 11) is 1.37. The van der Waals surface area contributed by atoms with E-state index in [4.69, 9.17) is 4.74 Å². The molecule has 0 aliphatic carbocycles. The maximum atomic E-state index is 12.0. The van der Waals surface area contributed by atoms with Gasteiger partial charge in [-0.25, -0.2) is 0 Å². The van der Waals surface area contributed by atoms with Crippen LogP contribution in [0.2, 0.25) is 0 Å². The van der Waals surface area contributed by atoms with Crippen LogP contribution in [0.4, 0.5) is 12.9 Å². The van der Waals surface area contributed by atoms with Crippen LogP contribution in [0.5, 0.6) is 11.5 Å². The molecule has 1 aromatic carbocycles. The number of hydrogen-bond acceptors (Lipinski definition) is 2. The van der Waals surface area contributed by atoms with Crippen LogP contribution in [0.25, 0.3) is 0 Å². The van der Waals surface area contributed by atoms with Crippen LogP contribution in [-0.2, 0) is 0 Å².